The number of nitrogens with zero attached hydrogens (tertiary/aromatic N) is 1. The Balaban J connectivity index is 0.000000126. The van der Waals surface area contributed by atoms with Crippen LogP contribution in [0.25, 0.3) is 72.0 Å². The fraction of sp³-hybridized carbons (Fsp3) is 0.107. The van der Waals surface area contributed by atoms with E-state index in [0.717, 1.165) is 24.0 Å². The smallest absolute Gasteiger partial charge is 0.122 e. The van der Waals surface area contributed by atoms with Crippen LogP contribution in [0.1, 0.15) is 69.0 Å². The number of benzene rings is 11. The molecule has 386 valence electrons. The number of rotatable bonds is 7. The van der Waals surface area contributed by atoms with E-state index in [0.29, 0.717) is 6.54 Å². The van der Waals surface area contributed by atoms with Gasteiger partial charge < -0.3 is 16.0 Å². The van der Waals surface area contributed by atoms with Crippen LogP contribution in [0, 0.1) is 26.2 Å². The van der Waals surface area contributed by atoms with Gasteiger partial charge in [0.25, 0.3) is 0 Å². The summed E-state index contributed by atoms with van der Waals surface area (Å²) in [7, 11) is 0. The predicted octanol–water partition coefficient (Wildman–Crippen LogP) is 18.1. The van der Waals surface area contributed by atoms with Crippen molar-refractivity contribution in [2.45, 2.75) is 52.5 Å². The van der Waals surface area contributed by atoms with Gasteiger partial charge in [0, 0.05) is 28.6 Å². The van der Waals surface area contributed by atoms with Crippen LogP contribution in [0.4, 0.5) is 0 Å². The molecule has 2 aliphatic rings. The number of nitrogens with one attached hydrogen (secondary N) is 1. The standard InChI is InChI=1S/C35H28.C19H15N.C13H13N.C8H10N2/c1-3-12-24-13-4-5-14-25(24)29-22-34-30(21-23(29)2)28-17-8-11-20-33(28)35(34)31-18-9-6-15-26(31)27-16-7-10-19-32(27)35;1-14-7-6-8-15(13-14)20-18-11-4-2-9-16(18)17-10-3-5-12-19(17)20;14-10-11-6-8-13(9-7-11)12-4-2-1-3-5-12;1-6-3-2-4-7(5-6)8(9)10/h4-11,13-22H,3,12H2,1-2H3;2-13H,1H3;1-9H,10,14H2;2-5H,1H3,(H3,9,10). The summed E-state index contributed by atoms with van der Waals surface area (Å²) in [4.78, 5) is 0. The van der Waals surface area contributed by atoms with Crippen molar-refractivity contribution >= 4 is 27.6 Å². The Morgan fingerprint density at radius 3 is 1.47 bits per heavy atom. The summed E-state index contributed by atoms with van der Waals surface area (Å²) in [5.74, 6) is 0.128. The Morgan fingerprint density at radius 2 is 0.924 bits per heavy atom. The van der Waals surface area contributed by atoms with Gasteiger partial charge in [-0.15, -0.1) is 0 Å². The molecule has 5 N–H and O–H groups in total. The summed E-state index contributed by atoms with van der Waals surface area (Å²) < 4.78 is 2.34. The maximum absolute atomic E-state index is 7.11. The summed E-state index contributed by atoms with van der Waals surface area (Å²) in [5, 5.41) is 9.73. The fourth-order valence-electron chi connectivity index (χ4n) is 12.1. The molecule has 11 aromatic carbocycles. The lowest BCUT2D eigenvalue weighted by atomic mass is 9.70. The van der Waals surface area contributed by atoms with Crippen molar-refractivity contribution in [2.75, 3.05) is 0 Å². The number of aromatic nitrogens is 1. The Labute approximate surface area is 465 Å². The highest BCUT2D eigenvalue weighted by molar-refractivity contribution is 6.09. The zero-order valence-electron chi connectivity index (χ0n) is 45.5. The molecule has 4 heteroatoms. The van der Waals surface area contributed by atoms with Gasteiger partial charge in [-0.1, -0.05) is 243 Å². The molecule has 0 saturated heterocycles. The van der Waals surface area contributed by atoms with Crippen molar-refractivity contribution < 1.29 is 0 Å². The third kappa shape index (κ3) is 9.88. The normalized spacial score (nSPS) is 12.0. The molecule has 79 heavy (non-hydrogen) atoms. The maximum atomic E-state index is 7.11. The number of fused-ring (bicyclic) bond motifs is 13. The first-order valence-electron chi connectivity index (χ1n) is 27.5. The van der Waals surface area contributed by atoms with Gasteiger partial charge in [0.2, 0.25) is 0 Å². The van der Waals surface area contributed by atoms with Gasteiger partial charge in [-0.2, -0.15) is 0 Å². The lowest BCUT2D eigenvalue weighted by Crippen LogP contribution is -2.25. The number of nitrogens with two attached hydrogens (primary N) is 2. The Hall–Kier alpha value is -9.35. The van der Waals surface area contributed by atoms with Crippen molar-refractivity contribution in [3.8, 4) is 50.2 Å². The molecular formula is C75H66N4. The van der Waals surface area contributed by atoms with Crippen molar-refractivity contribution in [2.24, 2.45) is 11.5 Å². The third-order valence-corrected chi connectivity index (χ3v) is 15.6. The van der Waals surface area contributed by atoms with E-state index in [9.17, 15) is 0 Å². The monoisotopic (exact) mass is 1020 g/mol. The first kappa shape index (κ1) is 51.7. The summed E-state index contributed by atoms with van der Waals surface area (Å²) in [6, 6.07) is 93.3. The molecule has 2 aliphatic carbocycles. The summed E-state index contributed by atoms with van der Waals surface area (Å²) in [6.45, 7) is 9.27. The fourth-order valence-corrected chi connectivity index (χ4v) is 12.1. The maximum Gasteiger partial charge on any atom is 0.122 e. The number of hydrogen-bond donors (Lipinski definition) is 3. The molecule has 0 atom stereocenters. The molecule has 1 aromatic heterocycles. The number of nitrogen functional groups attached to an aromatic ring is 1. The minimum atomic E-state index is -0.277. The van der Waals surface area contributed by atoms with Gasteiger partial charge in [0.05, 0.1) is 16.4 Å². The van der Waals surface area contributed by atoms with E-state index in [4.69, 9.17) is 16.9 Å². The second kappa shape index (κ2) is 22.7. The van der Waals surface area contributed by atoms with Crippen molar-refractivity contribution in [3.05, 3.63) is 316 Å². The molecule has 0 saturated carbocycles. The topological polar surface area (TPSA) is 80.8 Å². The molecule has 1 heterocycles. The lowest BCUT2D eigenvalue weighted by Gasteiger charge is -2.31. The largest absolute Gasteiger partial charge is 0.384 e. The molecule has 0 fully saturated rings. The minimum Gasteiger partial charge on any atom is -0.384 e. The van der Waals surface area contributed by atoms with Crippen LogP contribution in [-0.4, -0.2) is 10.4 Å². The molecule has 1 spiro atoms. The summed E-state index contributed by atoms with van der Waals surface area (Å²) in [5.41, 5.74) is 37.8. The second-order valence-electron chi connectivity index (χ2n) is 20.8. The summed E-state index contributed by atoms with van der Waals surface area (Å²) >= 11 is 0. The quantitative estimate of drug-likeness (QED) is 0.110. The first-order chi connectivity index (χ1) is 38.7. The van der Waals surface area contributed by atoms with Gasteiger partial charge in [-0.3, -0.25) is 5.41 Å². The summed E-state index contributed by atoms with van der Waals surface area (Å²) in [6.07, 6.45) is 2.25. The molecule has 0 bridgehead atoms. The molecule has 0 unspecified atom stereocenters. The van der Waals surface area contributed by atoms with Crippen molar-refractivity contribution in [3.63, 3.8) is 0 Å². The molecular weight excluding hydrogens is 957 g/mol. The van der Waals surface area contributed by atoms with Crippen LogP contribution in [-0.2, 0) is 18.4 Å². The van der Waals surface area contributed by atoms with E-state index in [1.165, 1.54) is 117 Å². The third-order valence-electron chi connectivity index (χ3n) is 15.6. The van der Waals surface area contributed by atoms with Crippen molar-refractivity contribution in [1.29, 1.82) is 5.41 Å². The molecule has 14 rings (SSSR count). The van der Waals surface area contributed by atoms with Crippen molar-refractivity contribution in [1.82, 2.24) is 4.57 Å². The Morgan fingerprint density at radius 1 is 0.430 bits per heavy atom. The highest BCUT2D eigenvalue weighted by Crippen LogP contribution is 2.63. The number of hydrogen-bond acceptors (Lipinski definition) is 2. The molecule has 4 nitrogen and oxygen atoms in total. The molecule has 0 amide bonds. The average molecular weight is 1020 g/mol. The second-order valence-corrected chi connectivity index (χ2v) is 20.8. The minimum absolute atomic E-state index is 0.128. The Kier molecular flexibility index (Phi) is 14.9. The molecule has 0 aliphatic heterocycles. The van der Waals surface area contributed by atoms with E-state index in [-0.39, 0.29) is 11.3 Å². The van der Waals surface area contributed by atoms with Gasteiger partial charge in [0.15, 0.2) is 0 Å². The van der Waals surface area contributed by atoms with E-state index in [1.807, 2.05) is 49.4 Å². The van der Waals surface area contributed by atoms with Gasteiger partial charge in [-0.05, 0) is 153 Å². The molecule has 12 aromatic rings. The SMILES string of the molecule is CCCc1ccccc1-c1cc2c(cc1C)-c1ccccc1C21c2ccccc2-c2ccccc21.Cc1cccc(-n2c3ccccc3c3ccccc32)c1.Cc1cccc(C(=N)N)c1.NCc1ccc(-c2ccccc2)cc1. The zero-order chi connectivity index (χ0) is 54.5. The van der Waals surface area contributed by atoms with Crippen LogP contribution in [0.2, 0.25) is 0 Å². The van der Waals surface area contributed by atoms with Gasteiger partial charge in [0.1, 0.15) is 5.84 Å². The Bertz CT molecular complexity index is 4050. The lowest BCUT2D eigenvalue weighted by molar-refractivity contribution is 0.793. The van der Waals surface area contributed by atoms with Crippen LogP contribution in [0.3, 0.4) is 0 Å². The van der Waals surface area contributed by atoms with Crippen LogP contribution in [0.15, 0.2) is 261 Å². The van der Waals surface area contributed by atoms with E-state index in [2.05, 4.69) is 244 Å². The zero-order valence-corrected chi connectivity index (χ0v) is 45.5. The average Bonchev–Trinajstić information content (AvgIpc) is 3.28. The van der Waals surface area contributed by atoms with E-state index in [1.54, 1.807) is 0 Å². The van der Waals surface area contributed by atoms with Gasteiger partial charge in [-0.25, -0.2) is 0 Å². The number of amidine groups is 1. The number of aryl methyl sites for hydroxylation is 4. The number of para-hydroxylation sites is 2. The van der Waals surface area contributed by atoms with Crippen LogP contribution < -0.4 is 11.5 Å². The van der Waals surface area contributed by atoms with E-state index < -0.39 is 0 Å². The van der Waals surface area contributed by atoms with E-state index >= 15 is 0 Å². The highest BCUT2D eigenvalue weighted by atomic mass is 15.0. The predicted molar refractivity (Wildman–Crippen MR) is 334 cm³/mol. The molecule has 0 radical (unpaired) electrons. The highest BCUT2D eigenvalue weighted by Gasteiger charge is 2.51. The van der Waals surface area contributed by atoms with Crippen LogP contribution in [0.5, 0.6) is 0 Å². The first-order valence-corrected chi connectivity index (χ1v) is 27.5. The van der Waals surface area contributed by atoms with Gasteiger partial charge >= 0.3 is 0 Å². The van der Waals surface area contributed by atoms with Crippen LogP contribution >= 0.6 is 0 Å².